The maximum absolute atomic E-state index is 15.6. The lowest BCUT2D eigenvalue weighted by Crippen LogP contribution is -2.62. The summed E-state index contributed by atoms with van der Waals surface area (Å²) in [6.07, 6.45) is -6.20. The van der Waals surface area contributed by atoms with Crippen LogP contribution < -0.4 is 109 Å². The van der Waals surface area contributed by atoms with Gasteiger partial charge in [0.25, 0.3) is 0 Å². The van der Waals surface area contributed by atoms with Gasteiger partial charge < -0.3 is 128 Å². The van der Waals surface area contributed by atoms with Crippen molar-refractivity contribution in [1.82, 2.24) is 80.1 Å². The fraction of sp³-hybridized carbons (Fsp3) is 0.520. The van der Waals surface area contributed by atoms with Crippen LogP contribution in [-0.4, -0.2) is 271 Å². The number of phenols is 2. The molecule has 1 heterocycles. The highest BCUT2D eigenvalue weighted by Gasteiger charge is 2.40. The Morgan fingerprint density at radius 1 is 0.479 bits per heavy atom. The number of carbonyl (C=O) groups is 17. The second-order valence-corrected chi connectivity index (χ2v) is 28.9. The zero-order valence-electron chi connectivity index (χ0n) is 66.5. The van der Waals surface area contributed by atoms with E-state index in [4.69, 9.17) is 34.2 Å². The second kappa shape index (κ2) is 51.8. The molecule has 1 aliphatic heterocycles. The largest absolute Gasteiger partial charge is 0.508 e. The molecule has 0 spiro atoms. The minimum Gasteiger partial charge on any atom is -0.508 e. The molecule has 1 aliphatic rings. The predicted octanol–water partition coefficient (Wildman–Crippen LogP) is -9.73. The maximum Gasteiger partial charge on any atom is 0.328 e. The summed E-state index contributed by atoms with van der Waals surface area (Å²) >= 11 is 0. The molecule has 121 heavy (non-hydrogen) atoms. The zero-order chi connectivity index (χ0) is 90.2. The second-order valence-electron chi connectivity index (χ2n) is 28.9. The molecule has 3 aromatic rings. The van der Waals surface area contributed by atoms with Crippen molar-refractivity contribution in [2.45, 2.75) is 201 Å². The zero-order valence-corrected chi connectivity index (χ0v) is 66.5. The average molecular weight is 1710 g/mol. The highest BCUT2D eigenvalue weighted by atomic mass is 16.4. The number of aliphatic hydroxyl groups is 3. The van der Waals surface area contributed by atoms with Crippen LogP contribution in [0.2, 0.25) is 0 Å². The summed E-state index contributed by atoms with van der Waals surface area (Å²) < 4.78 is 0. The van der Waals surface area contributed by atoms with Crippen molar-refractivity contribution >= 4 is 106 Å². The van der Waals surface area contributed by atoms with Crippen LogP contribution in [0.5, 0.6) is 11.5 Å². The molecule has 0 saturated carbocycles. The number of hydrogen-bond donors (Lipinski definition) is 29. The Labute approximate surface area is 693 Å². The van der Waals surface area contributed by atoms with E-state index in [1.165, 1.54) is 72.8 Å². The van der Waals surface area contributed by atoms with Crippen molar-refractivity contribution in [1.29, 1.82) is 5.41 Å². The first-order valence-electron chi connectivity index (χ1n) is 38.6. The number of guanidine groups is 1. The van der Waals surface area contributed by atoms with E-state index in [0.29, 0.717) is 11.1 Å². The SMILES string of the molecule is CC(C)C[C@H](NN)C(=O)C(=O)[C@H](Cc1ccc(O)cc1)NNC1Cc2ccccc2CC(C(=O)NC(CCCCN)C(=O)N[C@@H](CCCCN)C(=O)NC(Cc2ccc(O)cc2)C(=O)N[C@@H](CCCNC(=N)N)C(=O)NC(CO)C(=O)O)NC(=O)[C@H](CC(N)=O)NC(=O)[C@H](CO)NC(=O)[C@H](CO)NC(=O)[C@H](CC(=O)O)NC(=O)[C@H](CC(=O)O)NC1=O. The van der Waals surface area contributed by atoms with Gasteiger partial charge in [0.1, 0.15) is 84.0 Å². The van der Waals surface area contributed by atoms with Gasteiger partial charge in [0.15, 0.2) is 5.96 Å². The highest BCUT2D eigenvalue weighted by Crippen LogP contribution is 2.20. The van der Waals surface area contributed by atoms with Gasteiger partial charge in [0.05, 0.1) is 51.2 Å². The van der Waals surface area contributed by atoms with Crippen LogP contribution in [0, 0.1) is 11.3 Å². The standard InChI is InChI=1S/C75H111N21O25/c1-37(2)26-47(94-81)61(107)62(108)48(27-38-15-19-42(100)20-16-38)95-96-54-30-41-11-4-3-10-40(41)29-50(87-68(114)51(31-58(78)102)88-72(118)55(34-97)92-73(119)56(35-98)91-70(116)53(33-60(105)106)89-69(115)52(32-59(103)104)90-71(54)117)67(113)84-44(12-5-7-23-76)63(109)83-45(13-6-8-24-77)64(110)86-49(28-39-17-21-43(101)22-18-39)66(112)85-46(14-9-25-82-75(79)80)65(111)93-57(36-99)74(120)121/h3-4,10-11,15-22,37,44-57,94-101H,5-9,12-14,23-36,76-77,81H2,1-2H3,(H2,78,102)(H,83,109)(H,84,113)(H,85,112)(H,86,110)(H,87,114)(H,88,118)(H,89,115)(H,90,117)(H,91,116)(H,92,119)(H,93,111)(H,103,104)(H,105,106)(H,120,121)(H4,79,80,82)/t44?,45-,46-,47-,48-,49?,50?,51-,52-,53-,54?,55-,56-,57?/m0/s1. The fourth-order valence-corrected chi connectivity index (χ4v) is 12.3. The molecular formula is C75H111N21O25. The third kappa shape index (κ3) is 35.2. The summed E-state index contributed by atoms with van der Waals surface area (Å²) in [5, 5.41) is 116. The number of amides is 12. The van der Waals surface area contributed by atoms with Crippen molar-refractivity contribution in [2.75, 3.05) is 39.5 Å². The van der Waals surface area contributed by atoms with E-state index in [0.717, 1.165) is 0 Å². The Hall–Kier alpha value is -12.4. The maximum atomic E-state index is 15.6. The van der Waals surface area contributed by atoms with Gasteiger partial charge in [-0.25, -0.2) is 21.1 Å². The van der Waals surface area contributed by atoms with Gasteiger partial charge in [0.2, 0.25) is 82.5 Å². The lowest BCUT2D eigenvalue weighted by molar-refractivity contribution is -0.143. The topological polar surface area (TPSA) is 786 Å². The molecule has 4 rings (SSSR count). The lowest BCUT2D eigenvalue weighted by Gasteiger charge is -2.29. The number of nitrogens with two attached hydrogens (primary N) is 5. The van der Waals surface area contributed by atoms with Gasteiger partial charge in [-0.3, -0.25) is 88.0 Å². The number of Topliss-reactive ketones (excluding diaryl/α,β-unsaturated/α-hetero) is 2. The summed E-state index contributed by atoms with van der Waals surface area (Å²) in [7, 11) is 0. The van der Waals surface area contributed by atoms with Gasteiger partial charge in [0, 0.05) is 19.4 Å². The number of aliphatic carboxylic acids is 3. The van der Waals surface area contributed by atoms with Gasteiger partial charge in [-0.05, 0) is 136 Å². The van der Waals surface area contributed by atoms with Crippen LogP contribution in [0.3, 0.4) is 0 Å². The number of aromatic hydroxyl groups is 2. The Bertz CT molecular complexity index is 4090. The molecule has 0 fully saturated rings. The number of rotatable bonds is 45. The van der Waals surface area contributed by atoms with E-state index in [2.05, 4.69) is 64.1 Å². The first kappa shape index (κ1) is 101. The molecule has 0 aliphatic carbocycles. The van der Waals surface area contributed by atoms with E-state index in [1.54, 1.807) is 13.8 Å². The monoisotopic (exact) mass is 1710 g/mol. The van der Waals surface area contributed by atoms with E-state index >= 15 is 14.4 Å². The van der Waals surface area contributed by atoms with Crippen LogP contribution in [0.4, 0.5) is 0 Å². The number of ketones is 2. The Morgan fingerprint density at radius 2 is 0.876 bits per heavy atom. The number of benzene rings is 3. The summed E-state index contributed by atoms with van der Waals surface area (Å²) in [6, 6.07) is -10.4. The van der Waals surface area contributed by atoms with Gasteiger partial charge in [-0.1, -0.05) is 62.4 Å². The molecule has 666 valence electrons. The molecule has 46 nitrogen and oxygen atoms in total. The van der Waals surface area contributed by atoms with Crippen molar-refractivity contribution in [3.05, 3.63) is 95.1 Å². The smallest absolute Gasteiger partial charge is 0.328 e. The first-order chi connectivity index (χ1) is 57.3. The number of nitrogens with one attached hydrogen (secondary N) is 16. The van der Waals surface area contributed by atoms with E-state index in [-0.39, 0.29) is 119 Å². The van der Waals surface area contributed by atoms with Gasteiger partial charge in [-0.15, -0.1) is 0 Å². The molecule has 14 atom stereocenters. The third-order valence-electron chi connectivity index (χ3n) is 18.8. The number of phenolic OH excluding ortho intramolecular Hbond substituents is 2. The summed E-state index contributed by atoms with van der Waals surface area (Å²) in [5.41, 5.74) is 31.1. The number of hydrazine groups is 2. The number of carbonyl (C=O) groups excluding carboxylic acids is 14. The third-order valence-corrected chi connectivity index (χ3v) is 18.8. The van der Waals surface area contributed by atoms with Crippen LogP contribution in [0.25, 0.3) is 0 Å². The number of unbranched alkanes of at least 4 members (excludes halogenated alkanes) is 2. The Balaban J connectivity index is 2.01. The molecule has 0 radical (unpaired) electrons. The van der Waals surface area contributed by atoms with E-state index < -0.39 is 243 Å². The first-order valence-corrected chi connectivity index (χ1v) is 38.6. The molecular weight excluding hydrogens is 1590 g/mol. The van der Waals surface area contributed by atoms with Crippen molar-refractivity contribution in [3.63, 3.8) is 0 Å². The molecule has 0 aromatic heterocycles. The molecule has 3 aromatic carbocycles. The lowest BCUT2D eigenvalue weighted by atomic mass is 9.93. The molecule has 0 bridgehead atoms. The normalized spacial score (nSPS) is 19.3. The van der Waals surface area contributed by atoms with Gasteiger partial charge >= 0.3 is 17.9 Å². The van der Waals surface area contributed by atoms with Crippen molar-refractivity contribution in [2.24, 2.45) is 34.7 Å². The van der Waals surface area contributed by atoms with Gasteiger partial charge in [-0.2, -0.15) is 0 Å². The quantitative estimate of drug-likeness (QED) is 0.00624. The van der Waals surface area contributed by atoms with Crippen LogP contribution >= 0.6 is 0 Å². The average Bonchev–Trinajstić information content (AvgIpc) is 1.01. The van der Waals surface area contributed by atoms with Crippen molar-refractivity contribution in [3.8, 4) is 11.5 Å². The minimum atomic E-state index is -2.28. The molecule has 0 saturated heterocycles. The number of fused-ring (bicyclic) bond motifs is 1. The number of primary amides is 1. The predicted molar refractivity (Wildman–Crippen MR) is 425 cm³/mol. The number of carboxylic acid groups (broad SMARTS) is 3. The molecule has 5 unspecified atom stereocenters. The van der Waals surface area contributed by atoms with Crippen LogP contribution in [-0.2, 0) is 107 Å². The fourth-order valence-electron chi connectivity index (χ4n) is 12.3. The van der Waals surface area contributed by atoms with Crippen LogP contribution in [0.15, 0.2) is 72.8 Å². The summed E-state index contributed by atoms with van der Waals surface area (Å²) in [6.45, 7) is -0.265. The number of carboxylic acids is 3. The molecule has 34 N–H and O–H groups in total. The van der Waals surface area contributed by atoms with Crippen LogP contribution in [0.1, 0.15) is 113 Å². The number of aliphatic hydroxyl groups excluding tert-OH is 3. The minimum absolute atomic E-state index is 0.00108. The molecule has 46 heteroatoms. The van der Waals surface area contributed by atoms with E-state index in [1.807, 2.05) is 16.0 Å². The highest BCUT2D eigenvalue weighted by molar-refractivity contribution is 6.41. The molecule has 12 amide bonds. The summed E-state index contributed by atoms with van der Waals surface area (Å²) in [4.78, 5) is 239. The van der Waals surface area contributed by atoms with Crippen molar-refractivity contribution < 1.29 is 122 Å². The van der Waals surface area contributed by atoms with E-state index in [9.17, 15) is 108 Å². The summed E-state index contributed by atoms with van der Waals surface area (Å²) in [5.74, 6) is -18.5. The Kier molecular flexibility index (Phi) is 43.2. The number of hydrogen-bond acceptors (Lipinski definition) is 29. The Morgan fingerprint density at radius 3 is 1.31 bits per heavy atom.